The normalized spacial score (nSPS) is 9.93. The van der Waals surface area contributed by atoms with Crippen LogP contribution in [-0.2, 0) is 0 Å². The third-order valence-electron chi connectivity index (χ3n) is 1.22. The van der Waals surface area contributed by atoms with Gasteiger partial charge in [0.1, 0.15) is 11.4 Å². The first kappa shape index (κ1) is 13.4. The molecule has 0 aliphatic heterocycles. The molecule has 0 aromatic heterocycles. The molecule has 2 N–H and O–H groups in total. The second kappa shape index (κ2) is 6.00. The van der Waals surface area contributed by atoms with Gasteiger partial charge in [-0.1, -0.05) is 0 Å². The maximum Gasteiger partial charge on any atom is 0.673 e. The summed E-state index contributed by atoms with van der Waals surface area (Å²) in [4.78, 5) is 0. The first-order chi connectivity index (χ1) is 6.86. The number of halogens is 4. The number of nitrogens with two attached hydrogens (primary N) is 1. The number of benzene rings is 1. The largest absolute Gasteiger partial charge is 0.673 e. The van der Waals surface area contributed by atoms with Crippen LogP contribution < -0.4 is 10.3 Å². The van der Waals surface area contributed by atoms with Crippen molar-refractivity contribution in [1.82, 2.24) is 0 Å². The van der Waals surface area contributed by atoms with E-state index in [0.29, 0.717) is 0 Å². The predicted molar refractivity (Wildman–Crippen MR) is 47.2 cm³/mol. The SMILES string of the molecule is COc1ccc(N=[NH2+])cc1.F[B-](F)(F)F. The first-order valence-electron chi connectivity index (χ1n) is 3.79. The zero-order valence-corrected chi connectivity index (χ0v) is 7.83. The molecule has 0 amide bonds. The Hall–Kier alpha value is -1.60. The number of hydrogen-bond donors (Lipinski definition) is 1. The number of nitrogens with zero attached hydrogens (tertiary/aromatic N) is 1. The molecule has 0 spiro atoms. The van der Waals surface area contributed by atoms with Crippen LogP contribution in [0.25, 0.3) is 0 Å². The van der Waals surface area contributed by atoms with Crippen LogP contribution in [0.2, 0.25) is 0 Å². The molecule has 84 valence electrons. The van der Waals surface area contributed by atoms with Crippen molar-refractivity contribution < 1.29 is 27.5 Å². The zero-order valence-electron chi connectivity index (χ0n) is 7.83. The fourth-order valence-electron chi connectivity index (χ4n) is 0.668. The Kier molecular flexibility index (Phi) is 5.36. The van der Waals surface area contributed by atoms with E-state index in [0.717, 1.165) is 11.4 Å². The monoisotopic (exact) mass is 224 g/mol. The molecule has 0 aliphatic carbocycles. The minimum atomic E-state index is -6.00. The predicted octanol–water partition coefficient (Wildman–Crippen LogP) is 1.84. The molecule has 0 fully saturated rings. The Labute approximate surface area is 83.7 Å². The molecule has 0 atom stereocenters. The van der Waals surface area contributed by atoms with Crippen molar-refractivity contribution in [2.45, 2.75) is 0 Å². The molecule has 1 rings (SSSR count). The smallest absolute Gasteiger partial charge is 0.497 e. The molecular weight excluding hydrogens is 215 g/mol. The van der Waals surface area contributed by atoms with E-state index >= 15 is 0 Å². The highest BCUT2D eigenvalue weighted by atomic mass is 19.5. The zero-order chi connectivity index (χ0) is 11.9. The van der Waals surface area contributed by atoms with Gasteiger partial charge in [0.05, 0.1) is 7.11 Å². The molecule has 0 heterocycles. The van der Waals surface area contributed by atoms with Gasteiger partial charge < -0.3 is 22.0 Å². The van der Waals surface area contributed by atoms with Crippen LogP contribution in [0.3, 0.4) is 0 Å². The summed E-state index contributed by atoms with van der Waals surface area (Å²) in [6.45, 7) is 0. The minimum Gasteiger partial charge on any atom is -0.497 e. The molecule has 15 heavy (non-hydrogen) atoms. The maximum absolute atomic E-state index is 9.75. The second-order valence-corrected chi connectivity index (χ2v) is 2.32. The fraction of sp³-hybridized carbons (Fsp3) is 0.143. The van der Waals surface area contributed by atoms with Crippen LogP contribution in [0.1, 0.15) is 0 Å². The van der Waals surface area contributed by atoms with Crippen molar-refractivity contribution in [2.24, 2.45) is 5.11 Å². The summed E-state index contributed by atoms with van der Waals surface area (Å²) in [6.07, 6.45) is 0. The molecule has 0 radical (unpaired) electrons. The Morgan fingerprint density at radius 2 is 1.53 bits per heavy atom. The third-order valence-corrected chi connectivity index (χ3v) is 1.22. The van der Waals surface area contributed by atoms with Crippen molar-refractivity contribution in [2.75, 3.05) is 7.11 Å². The molecule has 1 aromatic carbocycles. The van der Waals surface area contributed by atoms with E-state index in [1.807, 2.05) is 12.1 Å². The summed E-state index contributed by atoms with van der Waals surface area (Å²) in [5, 5.41) is 3.49. The lowest BCUT2D eigenvalue weighted by Gasteiger charge is -1.95. The van der Waals surface area contributed by atoms with E-state index in [1.54, 1.807) is 19.2 Å². The summed E-state index contributed by atoms with van der Waals surface area (Å²) in [7, 11) is -4.38. The summed E-state index contributed by atoms with van der Waals surface area (Å²) < 4.78 is 43.9. The molecule has 0 unspecified atom stereocenters. The Bertz CT molecular complexity index is 295. The van der Waals surface area contributed by atoms with E-state index in [9.17, 15) is 17.3 Å². The molecule has 0 saturated carbocycles. The molecule has 3 nitrogen and oxygen atoms in total. The summed E-state index contributed by atoms with van der Waals surface area (Å²) in [5.74, 6) is 0.812. The van der Waals surface area contributed by atoms with Crippen LogP contribution in [0.4, 0.5) is 23.0 Å². The van der Waals surface area contributed by atoms with E-state index in [1.165, 1.54) is 0 Å². The number of rotatable bonds is 2. The van der Waals surface area contributed by atoms with Gasteiger partial charge in [-0.15, -0.1) is 0 Å². The molecule has 1 aromatic rings. The summed E-state index contributed by atoms with van der Waals surface area (Å²) >= 11 is 0. The fourth-order valence-corrected chi connectivity index (χ4v) is 0.668. The lowest BCUT2D eigenvalue weighted by molar-refractivity contribution is -0.210. The molecular formula is C7H9BF4N2O. The molecule has 8 heteroatoms. The highest BCUT2D eigenvalue weighted by Gasteiger charge is 2.20. The quantitative estimate of drug-likeness (QED) is 0.465. The van der Waals surface area contributed by atoms with Crippen molar-refractivity contribution >= 4 is 12.9 Å². The minimum absolute atomic E-state index is 0.751. The third kappa shape index (κ3) is 8.73. The van der Waals surface area contributed by atoms with Gasteiger partial charge in [-0.2, -0.15) is 5.53 Å². The standard InChI is InChI=1S/C7H8N2O.BF4/c1-10-7-4-2-6(9-8)3-5-7;2-1(3,4)5/h2-5,8H,1H3;/q;-1/p+1. The van der Waals surface area contributed by atoms with Gasteiger partial charge in [0.2, 0.25) is 0 Å². The summed E-state index contributed by atoms with van der Waals surface area (Å²) in [5.41, 5.74) is 5.78. The number of hydrogen-bond acceptors (Lipinski definition) is 2. The van der Waals surface area contributed by atoms with Crippen LogP contribution >= 0.6 is 0 Å². The van der Waals surface area contributed by atoms with Gasteiger partial charge in [0.15, 0.2) is 0 Å². The van der Waals surface area contributed by atoms with Crippen LogP contribution in [0.15, 0.2) is 29.4 Å². The van der Waals surface area contributed by atoms with Crippen molar-refractivity contribution in [3.8, 4) is 5.75 Å². The van der Waals surface area contributed by atoms with Crippen molar-refractivity contribution in [1.29, 1.82) is 0 Å². The average Bonchev–Trinajstić information content (AvgIpc) is 2.15. The summed E-state index contributed by atoms with van der Waals surface area (Å²) in [6, 6.07) is 7.20. The second-order valence-electron chi connectivity index (χ2n) is 2.32. The highest BCUT2D eigenvalue weighted by molar-refractivity contribution is 6.50. The van der Waals surface area contributed by atoms with E-state index in [-0.39, 0.29) is 0 Å². The number of methoxy groups -OCH3 is 1. The van der Waals surface area contributed by atoms with Gasteiger partial charge in [0, 0.05) is 0 Å². The maximum atomic E-state index is 9.75. The molecule has 0 bridgehead atoms. The highest BCUT2D eigenvalue weighted by Crippen LogP contribution is 2.15. The topological polar surface area (TPSA) is 47.2 Å². The van der Waals surface area contributed by atoms with E-state index in [2.05, 4.69) is 5.11 Å². The van der Waals surface area contributed by atoms with Gasteiger partial charge >= 0.3 is 7.25 Å². The van der Waals surface area contributed by atoms with Crippen LogP contribution in [-0.4, -0.2) is 14.4 Å². The van der Waals surface area contributed by atoms with Crippen LogP contribution in [0, 0.1) is 0 Å². The molecule has 0 aliphatic rings. The van der Waals surface area contributed by atoms with Gasteiger partial charge in [-0.25, -0.2) is 0 Å². The van der Waals surface area contributed by atoms with Gasteiger partial charge in [-0.3, -0.25) is 0 Å². The lowest BCUT2D eigenvalue weighted by Crippen LogP contribution is -2.21. The van der Waals surface area contributed by atoms with Gasteiger partial charge in [0.25, 0.3) is 0 Å². The van der Waals surface area contributed by atoms with E-state index < -0.39 is 7.25 Å². The van der Waals surface area contributed by atoms with Crippen molar-refractivity contribution in [3.05, 3.63) is 24.3 Å². The Balaban J connectivity index is 0.000000336. The average molecular weight is 224 g/mol. The number of ether oxygens (including phenoxy) is 1. The molecule has 0 saturated heterocycles. The van der Waals surface area contributed by atoms with Crippen molar-refractivity contribution in [3.63, 3.8) is 0 Å². The van der Waals surface area contributed by atoms with E-state index in [4.69, 9.17) is 10.3 Å². The Morgan fingerprint density at radius 1 is 1.13 bits per heavy atom. The van der Waals surface area contributed by atoms with Crippen LogP contribution in [0.5, 0.6) is 5.75 Å². The lowest BCUT2D eigenvalue weighted by atomic mass is 10.3. The Morgan fingerprint density at radius 3 is 1.80 bits per heavy atom. The van der Waals surface area contributed by atoms with Gasteiger partial charge in [-0.05, 0) is 29.4 Å². The first-order valence-corrected chi connectivity index (χ1v) is 3.79.